The number of ether oxygens (including phenoxy) is 1. The van der Waals surface area contributed by atoms with Crippen LogP contribution in [0, 0.1) is 5.92 Å². The molecule has 1 fully saturated rings. The number of thioether (sulfide) groups is 1. The third kappa shape index (κ3) is 5.24. The Hall–Kier alpha value is -2.99. The number of pyridine rings is 3. The highest BCUT2D eigenvalue weighted by Crippen LogP contribution is 2.34. The van der Waals surface area contributed by atoms with Crippen LogP contribution in [-0.2, 0) is 16.1 Å². The Morgan fingerprint density at radius 3 is 2.97 bits per heavy atom. The summed E-state index contributed by atoms with van der Waals surface area (Å²) in [6, 6.07) is 6.80. The minimum Gasteiger partial charge on any atom is -0.481 e. The SMILES string of the molecule is COc1ccc2nccc(NC(=O)[C@H]3CC[C@H](NCc4nc5c(cc4Cl)SCC(=O)N5)[C@@H](O)C3)c2n1. The first-order valence-corrected chi connectivity index (χ1v) is 12.9. The molecule has 2 aliphatic rings. The molecule has 1 saturated carbocycles. The largest absolute Gasteiger partial charge is 0.481 e. The van der Waals surface area contributed by atoms with Crippen LogP contribution < -0.4 is 20.7 Å². The Morgan fingerprint density at radius 1 is 1.31 bits per heavy atom. The molecular weight excluding hydrogens is 504 g/mol. The van der Waals surface area contributed by atoms with Crippen molar-refractivity contribution in [2.24, 2.45) is 5.92 Å². The van der Waals surface area contributed by atoms with Gasteiger partial charge in [-0.3, -0.25) is 14.6 Å². The molecule has 0 unspecified atom stereocenters. The molecule has 1 aliphatic heterocycles. The molecule has 3 aromatic rings. The van der Waals surface area contributed by atoms with Crippen LogP contribution in [0.15, 0.2) is 35.4 Å². The van der Waals surface area contributed by atoms with E-state index in [1.54, 1.807) is 30.5 Å². The van der Waals surface area contributed by atoms with Gasteiger partial charge in [-0.15, -0.1) is 11.8 Å². The van der Waals surface area contributed by atoms with Gasteiger partial charge in [0.1, 0.15) is 11.3 Å². The first-order chi connectivity index (χ1) is 17.4. The van der Waals surface area contributed by atoms with E-state index in [0.717, 1.165) is 4.90 Å². The fourth-order valence-electron chi connectivity index (χ4n) is 4.45. The molecule has 12 heteroatoms. The molecular formula is C24H25ClN6O4S. The first-order valence-electron chi connectivity index (χ1n) is 11.6. The van der Waals surface area contributed by atoms with Gasteiger partial charge in [0.15, 0.2) is 0 Å². The van der Waals surface area contributed by atoms with Gasteiger partial charge in [-0.1, -0.05) is 11.6 Å². The minimum atomic E-state index is -0.714. The number of fused-ring (bicyclic) bond motifs is 2. The summed E-state index contributed by atoms with van der Waals surface area (Å²) in [4.78, 5) is 38.7. The van der Waals surface area contributed by atoms with E-state index in [1.165, 1.54) is 18.9 Å². The number of anilines is 2. The Labute approximate surface area is 216 Å². The topological polar surface area (TPSA) is 138 Å². The summed E-state index contributed by atoms with van der Waals surface area (Å²) in [7, 11) is 1.53. The van der Waals surface area contributed by atoms with Gasteiger partial charge in [0.05, 0.1) is 45.8 Å². The highest BCUT2D eigenvalue weighted by atomic mass is 35.5. The van der Waals surface area contributed by atoms with Crippen LogP contribution >= 0.6 is 23.4 Å². The van der Waals surface area contributed by atoms with E-state index in [2.05, 4.69) is 30.9 Å². The summed E-state index contributed by atoms with van der Waals surface area (Å²) in [6.07, 6.45) is 2.44. The van der Waals surface area contributed by atoms with E-state index in [1.807, 2.05) is 0 Å². The number of nitrogens with zero attached hydrogens (tertiary/aromatic N) is 3. The lowest BCUT2D eigenvalue weighted by molar-refractivity contribution is -0.122. The van der Waals surface area contributed by atoms with Gasteiger partial charge in [-0.2, -0.15) is 0 Å². The molecule has 0 aromatic carbocycles. The van der Waals surface area contributed by atoms with E-state index < -0.39 is 6.10 Å². The van der Waals surface area contributed by atoms with Crippen molar-refractivity contribution >= 4 is 57.7 Å². The Balaban J connectivity index is 1.20. The second kappa shape index (κ2) is 10.6. The molecule has 188 valence electrons. The lowest BCUT2D eigenvalue weighted by Gasteiger charge is -2.33. The number of aromatic nitrogens is 3. The standard InChI is InChI=1S/C24H25ClN6O4S/c1-35-21-5-4-15-22(31-21)16(6-7-26-15)29-24(34)12-2-3-14(18(32)8-12)27-10-17-13(25)9-19-23(28-17)30-20(33)11-36-19/h4-7,9,12,14,18,27,32H,2-3,8,10-11H2,1H3,(H,26,29,34)(H,28,30,33)/t12-,14-,18-/m0/s1. The fraction of sp³-hybridized carbons (Fsp3) is 0.375. The van der Waals surface area contributed by atoms with Crippen molar-refractivity contribution in [3.8, 4) is 5.88 Å². The Kier molecular flexibility index (Phi) is 7.24. The van der Waals surface area contributed by atoms with Crippen LogP contribution in [0.4, 0.5) is 11.5 Å². The number of aliphatic hydroxyl groups excluding tert-OH is 1. The minimum absolute atomic E-state index is 0.0945. The monoisotopic (exact) mass is 528 g/mol. The second-order valence-electron chi connectivity index (χ2n) is 8.73. The van der Waals surface area contributed by atoms with E-state index >= 15 is 0 Å². The second-order valence-corrected chi connectivity index (χ2v) is 10.2. The highest BCUT2D eigenvalue weighted by molar-refractivity contribution is 8.00. The average molecular weight is 529 g/mol. The first kappa shape index (κ1) is 24.7. The third-order valence-corrected chi connectivity index (χ3v) is 7.73. The van der Waals surface area contributed by atoms with Gasteiger partial charge in [0, 0.05) is 30.8 Å². The predicted molar refractivity (Wildman–Crippen MR) is 137 cm³/mol. The summed E-state index contributed by atoms with van der Waals surface area (Å²) in [5.41, 5.74) is 2.34. The molecule has 0 spiro atoms. The van der Waals surface area contributed by atoms with Crippen molar-refractivity contribution in [3.63, 3.8) is 0 Å². The van der Waals surface area contributed by atoms with Crippen LogP contribution in [0.5, 0.6) is 5.88 Å². The van der Waals surface area contributed by atoms with Gasteiger partial charge in [0.2, 0.25) is 17.7 Å². The molecule has 4 heterocycles. The Bertz CT molecular complexity index is 1330. The lowest BCUT2D eigenvalue weighted by atomic mass is 9.83. The van der Waals surface area contributed by atoms with Gasteiger partial charge in [-0.25, -0.2) is 9.97 Å². The van der Waals surface area contributed by atoms with Gasteiger partial charge < -0.3 is 25.8 Å². The predicted octanol–water partition coefficient (Wildman–Crippen LogP) is 2.99. The molecule has 3 aromatic heterocycles. The van der Waals surface area contributed by atoms with Crippen molar-refractivity contribution in [3.05, 3.63) is 41.2 Å². The zero-order valence-electron chi connectivity index (χ0n) is 19.5. The quantitative estimate of drug-likeness (QED) is 0.380. The van der Waals surface area contributed by atoms with Crippen LogP contribution in [0.2, 0.25) is 5.02 Å². The number of halogens is 1. The van der Waals surface area contributed by atoms with E-state index in [9.17, 15) is 14.7 Å². The van der Waals surface area contributed by atoms with Crippen LogP contribution in [0.1, 0.15) is 25.0 Å². The summed E-state index contributed by atoms with van der Waals surface area (Å²) in [5.74, 6) is 0.676. The maximum absolute atomic E-state index is 13.0. The van der Waals surface area contributed by atoms with Gasteiger partial charge in [0.25, 0.3) is 0 Å². The number of amides is 2. The average Bonchev–Trinajstić information content (AvgIpc) is 2.88. The molecule has 1 aliphatic carbocycles. The number of rotatable bonds is 6. The number of methoxy groups -OCH3 is 1. The maximum atomic E-state index is 13.0. The van der Waals surface area contributed by atoms with Crippen LogP contribution in [0.3, 0.4) is 0 Å². The highest BCUT2D eigenvalue weighted by Gasteiger charge is 2.33. The van der Waals surface area contributed by atoms with Crippen molar-refractivity contribution in [1.29, 1.82) is 0 Å². The molecule has 0 saturated heterocycles. The van der Waals surface area contributed by atoms with E-state index in [4.69, 9.17) is 16.3 Å². The number of carbonyl (C=O) groups is 2. The molecule has 4 N–H and O–H groups in total. The molecule has 3 atom stereocenters. The number of nitrogens with one attached hydrogen (secondary N) is 3. The molecule has 5 rings (SSSR count). The zero-order valence-corrected chi connectivity index (χ0v) is 21.0. The van der Waals surface area contributed by atoms with Gasteiger partial charge in [-0.05, 0) is 37.5 Å². The van der Waals surface area contributed by atoms with Crippen LogP contribution in [0.25, 0.3) is 11.0 Å². The van der Waals surface area contributed by atoms with E-state index in [-0.39, 0.29) is 23.8 Å². The summed E-state index contributed by atoms with van der Waals surface area (Å²) in [5, 5.41) is 20.3. The number of aliphatic hydroxyl groups is 1. The normalized spacial score (nSPS) is 21.5. The van der Waals surface area contributed by atoms with Crippen molar-refractivity contribution < 1.29 is 19.4 Å². The van der Waals surface area contributed by atoms with Crippen molar-refractivity contribution in [2.75, 3.05) is 23.5 Å². The lowest BCUT2D eigenvalue weighted by Crippen LogP contribution is -2.46. The molecule has 36 heavy (non-hydrogen) atoms. The van der Waals surface area contributed by atoms with Crippen molar-refractivity contribution in [2.45, 2.75) is 42.8 Å². The molecule has 0 radical (unpaired) electrons. The summed E-state index contributed by atoms with van der Waals surface area (Å²) < 4.78 is 5.19. The molecule has 0 bridgehead atoms. The third-order valence-electron chi connectivity index (χ3n) is 6.37. The van der Waals surface area contributed by atoms with Crippen LogP contribution in [-0.4, -0.2) is 56.9 Å². The number of hydrogen-bond donors (Lipinski definition) is 4. The fourth-order valence-corrected chi connectivity index (χ4v) is 5.53. The number of carbonyl (C=O) groups excluding carboxylic acids is 2. The van der Waals surface area contributed by atoms with Gasteiger partial charge >= 0.3 is 0 Å². The summed E-state index contributed by atoms with van der Waals surface area (Å²) >= 11 is 7.79. The molecule has 10 nitrogen and oxygen atoms in total. The maximum Gasteiger partial charge on any atom is 0.235 e. The molecule has 2 amide bonds. The summed E-state index contributed by atoms with van der Waals surface area (Å²) in [6.45, 7) is 0.335. The Morgan fingerprint density at radius 2 is 2.17 bits per heavy atom. The van der Waals surface area contributed by atoms with E-state index in [0.29, 0.717) is 70.7 Å². The smallest absolute Gasteiger partial charge is 0.235 e. The zero-order chi connectivity index (χ0) is 25.2. The van der Waals surface area contributed by atoms with Crippen molar-refractivity contribution in [1.82, 2.24) is 20.3 Å². The number of hydrogen-bond acceptors (Lipinski definition) is 9.